The Morgan fingerprint density at radius 3 is 2.60 bits per heavy atom. The lowest BCUT2D eigenvalue weighted by atomic mass is 9.92. The molecule has 1 N–H and O–H groups in total. The van der Waals surface area contributed by atoms with E-state index in [-0.39, 0.29) is 24.1 Å². The predicted octanol–water partition coefficient (Wildman–Crippen LogP) is 3.81. The molecule has 2 rings (SSSR count). The van der Waals surface area contributed by atoms with Crippen LogP contribution in [0, 0.1) is 5.82 Å². The zero-order valence-electron chi connectivity index (χ0n) is 11.1. The second-order valence-electron chi connectivity index (χ2n) is 4.54. The highest BCUT2D eigenvalue weighted by molar-refractivity contribution is 6.31. The number of aliphatic hydroxyl groups excluding tert-OH is 1. The van der Waals surface area contributed by atoms with Crippen LogP contribution in [0.15, 0.2) is 42.5 Å². The van der Waals surface area contributed by atoms with Gasteiger partial charge in [-0.1, -0.05) is 41.9 Å². The number of benzene rings is 2. The fraction of sp³-hybridized carbons (Fsp3) is 0.250. The number of rotatable bonds is 5. The van der Waals surface area contributed by atoms with Crippen molar-refractivity contribution in [3.05, 3.63) is 64.4 Å². The minimum absolute atomic E-state index is 0.0968. The Bertz CT molecular complexity index is 586. The van der Waals surface area contributed by atoms with E-state index in [9.17, 15) is 9.50 Å². The van der Waals surface area contributed by atoms with Crippen LogP contribution in [0.4, 0.5) is 4.39 Å². The number of hydrogen-bond acceptors (Lipinski definition) is 2. The quantitative estimate of drug-likeness (QED) is 0.909. The highest BCUT2D eigenvalue weighted by atomic mass is 35.5. The van der Waals surface area contributed by atoms with E-state index in [0.717, 1.165) is 5.56 Å². The molecule has 0 fully saturated rings. The van der Waals surface area contributed by atoms with Gasteiger partial charge in [0.2, 0.25) is 0 Å². The number of ether oxygens (including phenoxy) is 1. The molecule has 2 aromatic carbocycles. The molecule has 0 aliphatic heterocycles. The molecule has 0 heterocycles. The van der Waals surface area contributed by atoms with Crippen molar-refractivity contribution in [3.63, 3.8) is 0 Å². The smallest absolute Gasteiger partial charge is 0.168 e. The van der Waals surface area contributed by atoms with Gasteiger partial charge in [-0.15, -0.1) is 0 Å². The van der Waals surface area contributed by atoms with E-state index >= 15 is 0 Å². The van der Waals surface area contributed by atoms with Crippen LogP contribution in [0.5, 0.6) is 5.75 Å². The largest absolute Gasteiger partial charge is 0.494 e. The third-order valence-corrected chi connectivity index (χ3v) is 3.64. The summed E-state index contributed by atoms with van der Waals surface area (Å²) in [6.07, 6.45) is 0.364. The molecule has 0 aliphatic carbocycles. The maximum absolute atomic E-state index is 14.1. The lowest BCUT2D eigenvalue weighted by Gasteiger charge is -2.17. The molecule has 0 aromatic heterocycles. The van der Waals surface area contributed by atoms with Gasteiger partial charge in [-0.3, -0.25) is 0 Å². The zero-order valence-corrected chi connectivity index (χ0v) is 11.9. The molecule has 0 spiro atoms. The Balaban J connectivity index is 2.30. The monoisotopic (exact) mass is 294 g/mol. The second-order valence-corrected chi connectivity index (χ2v) is 4.95. The summed E-state index contributed by atoms with van der Waals surface area (Å²) in [5.74, 6) is -0.427. The van der Waals surface area contributed by atoms with E-state index in [0.29, 0.717) is 17.0 Å². The lowest BCUT2D eigenvalue weighted by Crippen LogP contribution is -2.10. The Morgan fingerprint density at radius 2 is 1.95 bits per heavy atom. The van der Waals surface area contributed by atoms with Crippen molar-refractivity contribution >= 4 is 11.6 Å². The molecule has 1 unspecified atom stereocenters. The molecule has 20 heavy (non-hydrogen) atoms. The van der Waals surface area contributed by atoms with Gasteiger partial charge >= 0.3 is 0 Å². The van der Waals surface area contributed by atoms with E-state index in [1.165, 1.54) is 7.11 Å². The highest BCUT2D eigenvalue weighted by Gasteiger charge is 2.17. The van der Waals surface area contributed by atoms with Gasteiger partial charge < -0.3 is 9.84 Å². The minimum Gasteiger partial charge on any atom is -0.494 e. The zero-order chi connectivity index (χ0) is 14.5. The summed E-state index contributed by atoms with van der Waals surface area (Å²) >= 11 is 6.13. The molecule has 0 saturated carbocycles. The second kappa shape index (κ2) is 6.73. The van der Waals surface area contributed by atoms with Crippen molar-refractivity contribution in [2.75, 3.05) is 13.7 Å². The van der Waals surface area contributed by atoms with Crippen molar-refractivity contribution in [1.29, 1.82) is 0 Å². The standard InChI is InChI=1S/C16H16ClFO2/c1-20-15-8-4-5-11(16(15)18)9-12(10-19)13-6-2-3-7-14(13)17/h2-8,12,19H,9-10H2,1H3. The Hall–Kier alpha value is -1.58. The first-order chi connectivity index (χ1) is 9.67. The summed E-state index contributed by atoms with van der Waals surface area (Å²) in [4.78, 5) is 0. The molecule has 4 heteroatoms. The first kappa shape index (κ1) is 14.8. The van der Waals surface area contributed by atoms with Crippen LogP contribution in [0.2, 0.25) is 5.02 Å². The Morgan fingerprint density at radius 1 is 1.20 bits per heavy atom. The number of methoxy groups -OCH3 is 1. The van der Waals surface area contributed by atoms with Crippen molar-refractivity contribution in [3.8, 4) is 5.75 Å². The maximum Gasteiger partial charge on any atom is 0.168 e. The number of aliphatic hydroxyl groups is 1. The molecular formula is C16H16ClFO2. The van der Waals surface area contributed by atoms with Crippen LogP contribution in [-0.2, 0) is 6.42 Å². The fourth-order valence-corrected chi connectivity index (χ4v) is 2.51. The van der Waals surface area contributed by atoms with E-state index < -0.39 is 0 Å². The van der Waals surface area contributed by atoms with Gasteiger partial charge in [-0.25, -0.2) is 4.39 Å². The average molecular weight is 295 g/mol. The molecule has 1 atom stereocenters. The third kappa shape index (κ3) is 3.11. The summed E-state index contributed by atoms with van der Waals surface area (Å²) in [5, 5.41) is 10.1. The summed E-state index contributed by atoms with van der Waals surface area (Å²) in [6.45, 7) is -0.0968. The Kier molecular flexibility index (Phi) is 4.99. The van der Waals surface area contributed by atoms with E-state index in [2.05, 4.69) is 0 Å². The molecular weight excluding hydrogens is 279 g/mol. The normalized spacial score (nSPS) is 12.2. The maximum atomic E-state index is 14.1. The summed E-state index contributed by atoms with van der Waals surface area (Å²) in [7, 11) is 1.43. The van der Waals surface area contributed by atoms with Gasteiger partial charge in [-0.05, 0) is 29.7 Å². The minimum atomic E-state index is -0.388. The summed E-state index contributed by atoms with van der Waals surface area (Å²) in [6, 6.07) is 12.3. The molecule has 0 aliphatic rings. The van der Waals surface area contributed by atoms with Crippen molar-refractivity contribution < 1.29 is 14.2 Å². The van der Waals surface area contributed by atoms with E-state index in [4.69, 9.17) is 16.3 Å². The van der Waals surface area contributed by atoms with Gasteiger partial charge in [0.15, 0.2) is 11.6 Å². The molecule has 0 amide bonds. The number of hydrogen-bond donors (Lipinski definition) is 1. The molecule has 2 nitrogen and oxygen atoms in total. The third-order valence-electron chi connectivity index (χ3n) is 3.29. The molecule has 0 saturated heterocycles. The molecule has 0 radical (unpaired) electrons. The van der Waals surface area contributed by atoms with E-state index in [1.54, 1.807) is 24.3 Å². The number of halogens is 2. The van der Waals surface area contributed by atoms with Crippen LogP contribution in [0.3, 0.4) is 0 Å². The first-order valence-corrected chi connectivity index (χ1v) is 6.71. The van der Waals surface area contributed by atoms with Gasteiger partial charge in [0.25, 0.3) is 0 Å². The van der Waals surface area contributed by atoms with Gasteiger partial charge in [-0.2, -0.15) is 0 Å². The highest BCUT2D eigenvalue weighted by Crippen LogP contribution is 2.29. The lowest BCUT2D eigenvalue weighted by molar-refractivity contribution is 0.263. The molecule has 106 valence electrons. The van der Waals surface area contributed by atoms with Crippen molar-refractivity contribution in [2.24, 2.45) is 0 Å². The summed E-state index contributed by atoms with van der Waals surface area (Å²) in [5.41, 5.74) is 1.32. The average Bonchev–Trinajstić information content (AvgIpc) is 2.47. The van der Waals surface area contributed by atoms with Crippen molar-refractivity contribution in [1.82, 2.24) is 0 Å². The van der Waals surface area contributed by atoms with Gasteiger partial charge in [0.1, 0.15) is 0 Å². The summed E-state index contributed by atoms with van der Waals surface area (Å²) < 4.78 is 19.1. The molecule has 0 bridgehead atoms. The van der Waals surface area contributed by atoms with Gasteiger partial charge in [0, 0.05) is 10.9 Å². The van der Waals surface area contributed by atoms with Crippen LogP contribution in [0.25, 0.3) is 0 Å². The van der Waals surface area contributed by atoms with Crippen LogP contribution in [-0.4, -0.2) is 18.8 Å². The van der Waals surface area contributed by atoms with Crippen molar-refractivity contribution in [2.45, 2.75) is 12.3 Å². The van der Waals surface area contributed by atoms with Crippen LogP contribution >= 0.6 is 11.6 Å². The molecule has 2 aromatic rings. The Labute approximate surface area is 122 Å². The van der Waals surface area contributed by atoms with Crippen LogP contribution < -0.4 is 4.74 Å². The van der Waals surface area contributed by atoms with E-state index in [1.807, 2.05) is 18.2 Å². The van der Waals surface area contributed by atoms with Gasteiger partial charge in [0.05, 0.1) is 13.7 Å². The first-order valence-electron chi connectivity index (χ1n) is 6.34. The van der Waals surface area contributed by atoms with Crippen LogP contribution in [0.1, 0.15) is 17.0 Å². The SMILES string of the molecule is COc1cccc(CC(CO)c2ccccc2Cl)c1F. The predicted molar refractivity (Wildman–Crippen MR) is 77.9 cm³/mol. The fourth-order valence-electron chi connectivity index (χ4n) is 2.22. The topological polar surface area (TPSA) is 29.5 Å².